The van der Waals surface area contributed by atoms with Gasteiger partial charge in [-0.1, -0.05) is 56.6 Å². The highest BCUT2D eigenvalue weighted by Gasteiger charge is 2.60. The predicted octanol–water partition coefficient (Wildman–Crippen LogP) is 5.92. The van der Waals surface area contributed by atoms with Crippen LogP contribution in [0.5, 0.6) is 5.75 Å². The third-order valence-electron chi connectivity index (χ3n) is 10.8. The molecule has 53 heavy (non-hydrogen) atoms. The van der Waals surface area contributed by atoms with Gasteiger partial charge in [0, 0.05) is 71.2 Å². The molecule has 6 rings (SSSR count). The Morgan fingerprint density at radius 1 is 0.906 bits per heavy atom. The van der Waals surface area contributed by atoms with Crippen molar-refractivity contribution >= 4 is 61.8 Å². The molecule has 3 aliphatic rings. The second kappa shape index (κ2) is 15.1. The van der Waals surface area contributed by atoms with Crippen molar-refractivity contribution in [2.75, 3.05) is 63.9 Å². The molecule has 4 heterocycles. The largest absolute Gasteiger partial charge is 0.493 e. The summed E-state index contributed by atoms with van der Waals surface area (Å²) in [6.07, 6.45) is 1.78. The molecule has 284 valence electrons. The van der Waals surface area contributed by atoms with E-state index < -0.39 is 20.9 Å². The Morgan fingerprint density at radius 2 is 1.51 bits per heavy atom. The minimum absolute atomic E-state index is 0.00622. The molecule has 0 saturated carbocycles. The summed E-state index contributed by atoms with van der Waals surface area (Å²) in [5.41, 5.74) is 1.05. The molecular weight excluding hydrogens is 827 g/mol. The van der Waals surface area contributed by atoms with Crippen LogP contribution in [0.3, 0.4) is 0 Å². The SMILES string of the molecule is CCOc1cc(C(C)(C)C)ncc1C1=N[C@@](C)(c2ccc(I)cc2)[C@@](C)(c2ccc(Cl)cc2)N1C(=O)N1CCN(CC(=O)N2CCS(=O)(=O)CC2)CC1. The lowest BCUT2D eigenvalue weighted by Gasteiger charge is -2.47. The van der Waals surface area contributed by atoms with Crippen LogP contribution in [0, 0.1) is 3.57 Å². The van der Waals surface area contributed by atoms with Gasteiger partial charge < -0.3 is 14.5 Å². The van der Waals surface area contributed by atoms with Gasteiger partial charge in [-0.15, -0.1) is 0 Å². The zero-order valence-corrected chi connectivity index (χ0v) is 35.0. The second-order valence-electron chi connectivity index (χ2n) is 15.3. The summed E-state index contributed by atoms with van der Waals surface area (Å²) < 4.78 is 31.2. The Balaban J connectivity index is 1.40. The molecule has 0 unspecified atom stereocenters. The summed E-state index contributed by atoms with van der Waals surface area (Å²) in [6.45, 7) is 15.2. The molecule has 0 bridgehead atoms. The number of rotatable bonds is 7. The molecule has 3 amide bonds. The van der Waals surface area contributed by atoms with Crippen molar-refractivity contribution in [2.24, 2.45) is 4.99 Å². The zero-order chi connectivity index (χ0) is 38.3. The molecule has 3 aliphatic heterocycles. The highest BCUT2D eigenvalue weighted by atomic mass is 127. The van der Waals surface area contributed by atoms with Crippen LogP contribution in [-0.2, 0) is 31.1 Å². The topological polar surface area (TPSA) is 116 Å². The highest BCUT2D eigenvalue weighted by Crippen LogP contribution is 2.54. The number of urea groups is 1. The second-order valence-corrected chi connectivity index (χ2v) is 19.2. The summed E-state index contributed by atoms with van der Waals surface area (Å²) in [4.78, 5) is 46.1. The predicted molar refractivity (Wildman–Crippen MR) is 216 cm³/mol. The van der Waals surface area contributed by atoms with Gasteiger partial charge in [-0.3, -0.25) is 24.6 Å². The van der Waals surface area contributed by atoms with Crippen molar-refractivity contribution in [3.8, 4) is 5.75 Å². The maximum atomic E-state index is 15.3. The number of amides is 3. The molecule has 0 aliphatic carbocycles. The van der Waals surface area contributed by atoms with Crippen LogP contribution in [0.4, 0.5) is 4.79 Å². The molecule has 2 fully saturated rings. The van der Waals surface area contributed by atoms with Gasteiger partial charge in [-0.05, 0) is 78.8 Å². The van der Waals surface area contributed by atoms with E-state index in [0.717, 1.165) is 20.4 Å². The molecule has 0 spiro atoms. The van der Waals surface area contributed by atoms with Crippen molar-refractivity contribution in [3.63, 3.8) is 0 Å². The van der Waals surface area contributed by atoms with Crippen molar-refractivity contribution < 1.29 is 22.7 Å². The number of hydrogen-bond acceptors (Lipinski definition) is 8. The van der Waals surface area contributed by atoms with Gasteiger partial charge in [-0.25, -0.2) is 13.2 Å². The number of piperazine rings is 1. The zero-order valence-electron chi connectivity index (χ0n) is 31.2. The van der Waals surface area contributed by atoms with E-state index in [1.807, 2.05) is 52.0 Å². The van der Waals surface area contributed by atoms with Gasteiger partial charge in [0.2, 0.25) is 5.91 Å². The van der Waals surface area contributed by atoms with Crippen LogP contribution >= 0.6 is 34.2 Å². The third-order valence-corrected chi connectivity index (χ3v) is 13.4. The normalized spacial score (nSPS) is 23.5. The first-order valence-electron chi connectivity index (χ1n) is 18.0. The Hall–Kier alpha value is -3.27. The first-order chi connectivity index (χ1) is 25.0. The van der Waals surface area contributed by atoms with Gasteiger partial charge in [0.25, 0.3) is 0 Å². The molecule has 11 nitrogen and oxygen atoms in total. The monoisotopic (exact) mass is 874 g/mol. The number of halogens is 2. The summed E-state index contributed by atoms with van der Waals surface area (Å²) in [7, 11) is -3.09. The van der Waals surface area contributed by atoms with E-state index in [1.165, 1.54) is 0 Å². The molecule has 1 aromatic heterocycles. The fraction of sp³-hybridized carbons (Fsp3) is 0.487. The van der Waals surface area contributed by atoms with Crippen molar-refractivity contribution in [2.45, 2.75) is 58.0 Å². The van der Waals surface area contributed by atoms with Crippen LogP contribution in [0.25, 0.3) is 0 Å². The lowest BCUT2D eigenvalue weighted by atomic mass is 9.71. The summed E-state index contributed by atoms with van der Waals surface area (Å²) in [5, 5.41) is 0.586. The smallest absolute Gasteiger partial charge is 0.326 e. The van der Waals surface area contributed by atoms with Gasteiger partial charge in [0.05, 0.1) is 30.2 Å². The first kappa shape index (κ1) is 39.4. The lowest BCUT2D eigenvalue weighted by molar-refractivity contribution is -0.132. The van der Waals surface area contributed by atoms with E-state index in [4.69, 9.17) is 26.3 Å². The molecule has 14 heteroatoms. The fourth-order valence-corrected chi connectivity index (χ4v) is 9.04. The number of aromatic nitrogens is 1. The molecule has 2 aromatic carbocycles. The summed E-state index contributed by atoms with van der Waals surface area (Å²) >= 11 is 8.72. The molecule has 2 saturated heterocycles. The minimum Gasteiger partial charge on any atom is -0.493 e. The average Bonchev–Trinajstić information content (AvgIpc) is 3.36. The molecule has 0 radical (unpaired) electrons. The number of pyridine rings is 1. The average molecular weight is 875 g/mol. The van der Waals surface area contributed by atoms with Gasteiger partial charge >= 0.3 is 6.03 Å². The fourth-order valence-electron chi connectivity index (χ4n) is 7.35. The maximum absolute atomic E-state index is 15.3. The molecule has 0 N–H and O–H groups in total. The van der Waals surface area contributed by atoms with E-state index >= 15 is 4.79 Å². The highest BCUT2D eigenvalue weighted by molar-refractivity contribution is 14.1. The van der Waals surface area contributed by atoms with Crippen LogP contribution in [-0.4, -0.2) is 115 Å². The molecule has 3 aromatic rings. The summed E-state index contributed by atoms with van der Waals surface area (Å²) in [6, 6.07) is 17.6. The number of carbonyl (C=O) groups excluding carboxylic acids is 2. The lowest BCUT2D eigenvalue weighted by Crippen LogP contribution is -2.61. The number of carbonyl (C=O) groups is 2. The van der Waals surface area contributed by atoms with Crippen molar-refractivity contribution in [3.05, 3.63) is 91.8 Å². The number of sulfone groups is 1. The van der Waals surface area contributed by atoms with Gasteiger partial charge in [0.1, 0.15) is 22.7 Å². The standard InChI is InChI=1S/C39H48ClIN6O5S/c1-7-52-32-24-33(37(2,3)4)42-25-31(32)35-43-38(5,27-10-14-30(41)15-11-27)39(6,28-8-12-29(40)13-9-28)47(35)36(49)46-18-16-44(17-19-46)26-34(48)45-20-22-53(50,51)23-21-45/h8-15,24-25H,7,16-23,26H2,1-6H3/t38-,39+/m0/s1. The Kier molecular flexibility index (Phi) is 11.2. The number of hydrogen-bond donors (Lipinski definition) is 0. The Labute approximate surface area is 331 Å². The number of amidine groups is 1. The van der Waals surface area contributed by atoms with Crippen LogP contribution in [0.15, 0.2) is 65.8 Å². The van der Waals surface area contributed by atoms with Crippen LogP contribution < -0.4 is 4.74 Å². The van der Waals surface area contributed by atoms with Crippen molar-refractivity contribution in [1.82, 2.24) is 24.6 Å². The van der Waals surface area contributed by atoms with E-state index in [-0.39, 0.29) is 48.5 Å². The number of ether oxygens (including phenoxy) is 1. The Bertz CT molecular complexity index is 1980. The number of nitrogens with zero attached hydrogens (tertiary/aromatic N) is 6. The molecular formula is C39H48ClIN6O5S. The van der Waals surface area contributed by atoms with E-state index in [0.29, 0.717) is 55.0 Å². The van der Waals surface area contributed by atoms with E-state index in [9.17, 15) is 13.2 Å². The Morgan fingerprint density at radius 3 is 2.09 bits per heavy atom. The van der Waals surface area contributed by atoms with E-state index in [2.05, 4.69) is 81.5 Å². The molecule has 2 atom stereocenters. The quantitative estimate of drug-likeness (QED) is 0.271. The van der Waals surface area contributed by atoms with Gasteiger partial charge in [-0.2, -0.15) is 0 Å². The third kappa shape index (κ3) is 7.81. The summed E-state index contributed by atoms with van der Waals surface area (Å²) in [5.74, 6) is 0.958. The number of benzene rings is 2. The minimum atomic E-state index is -3.09. The van der Waals surface area contributed by atoms with Crippen molar-refractivity contribution in [1.29, 1.82) is 0 Å². The van der Waals surface area contributed by atoms with Gasteiger partial charge in [0.15, 0.2) is 9.84 Å². The van der Waals surface area contributed by atoms with Crippen LogP contribution in [0.1, 0.15) is 63.9 Å². The van der Waals surface area contributed by atoms with Crippen LogP contribution in [0.2, 0.25) is 5.02 Å². The maximum Gasteiger partial charge on any atom is 0.326 e. The number of aliphatic imine (C=N–C) groups is 1. The van der Waals surface area contributed by atoms with E-state index in [1.54, 1.807) is 11.1 Å². The first-order valence-corrected chi connectivity index (χ1v) is 21.3.